The molecule has 0 atom stereocenters. The van der Waals surface area contributed by atoms with Gasteiger partial charge in [0.05, 0.1) is 0 Å². The predicted molar refractivity (Wildman–Crippen MR) is 57.7 cm³/mol. The smallest absolute Gasteiger partial charge is 0.116 e. The van der Waals surface area contributed by atoms with E-state index in [-0.39, 0.29) is 0 Å². The zero-order valence-electron chi connectivity index (χ0n) is 6.34. The van der Waals surface area contributed by atoms with E-state index in [4.69, 9.17) is 0 Å². The topological polar surface area (TPSA) is 36.0 Å². The van der Waals surface area contributed by atoms with Crippen LogP contribution in [0.2, 0.25) is 0 Å². The van der Waals surface area contributed by atoms with E-state index in [1.807, 2.05) is 12.3 Å². The summed E-state index contributed by atoms with van der Waals surface area (Å²) < 4.78 is 0.960. The van der Waals surface area contributed by atoms with E-state index in [1.54, 1.807) is 12.1 Å². The average Bonchev–Trinajstić information content (AvgIpc) is 2.46. The van der Waals surface area contributed by atoms with Gasteiger partial charge >= 0.3 is 0 Å². The Morgan fingerprint density at radius 1 is 1.42 bits per heavy atom. The van der Waals surface area contributed by atoms with Crippen molar-refractivity contribution >= 4 is 33.5 Å². The van der Waals surface area contributed by atoms with Crippen LogP contribution in [-0.2, 0) is 4.43 Å². The fourth-order valence-corrected chi connectivity index (χ4v) is 1.91. The maximum Gasteiger partial charge on any atom is 0.116 e. The number of halogens is 1. The van der Waals surface area contributed by atoms with Crippen LogP contribution in [0.4, 0.5) is 0 Å². The lowest BCUT2D eigenvalue weighted by Crippen LogP contribution is -1.71. The number of aromatic amines is 1. The number of benzene rings is 1. The lowest BCUT2D eigenvalue weighted by molar-refractivity contribution is 0.476. The summed E-state index contributed by atoms with van der Waals surface area (Å²) >= 11 is 2.31. The molecule has 0 aliphatic carbocycles. The first-order valence-electron chi connectivity index (χ1n) is 3.66. The molecule has 0 unspecified atom stereocenters. The zero-order valence-corrected chi connectivity index (χ0v) is 8.50. The fourth-order valence-electron chi connectivity index (χ4n) is 1.28. The van der Waals surface area contributed by atoms with Crippen molar-refractivity contribution in [1.29, 1.82) is 0 Å². The number of rotatable bonds is 1. The fraction of sp³-hybridized carbons (Fsp3) is 0.111. The summed E-state index contributed by atoms with van der Waals surface area (Å²) in [6.45, 7) is 0. The van der Waals surface area contributed by atoms with Gasteiger partial charge in [-0.25, -0.2) is 0 Å². The first-order valence-corrected chi connectivity index (χ1v) is 5.19. The Hall–Kier alpha value is -0.710. The van der Waals surface area contributed by atoms with Crippen LogP contribution in [0.15, 0.2) is 24.4 Å². The van der Waals surface area contributed by atoms with Crippen molar-refractivity contribution in [1.82, 2.24) is 4.98 Å². The van der Waals surface area contributed by atoms with Crippen molar-refractivity contribution in [2.24, 2.45) is 0 Å². The third-order valence-electron chi connectivity index (χ3n) is 1.89. The summed E-state index contributed by atoms with van der Waals surface area (Å²) in [6, 6.07) is 5.37. The Morgan fingerprint density at radius 2 is 2.25 bits per heavy atom. The second-order valence-corrected chi connectivity index (χ2v) is 3.44. The van der Waals surface area contributed by atoms with Gasteiger partial charge in [-0.1, -0.05) is 22.6 Å². The Morgan fingerprint density at radius 3 is 3.00 bits per heavy atom. The standard InChI is InChI=1S/C9H8INO/c10-4-6-5-11-9-2-1-7(12)3-8(6)9/h1-3,5,11-12H,4H2. The molecule has 3 heteroatoms. The summed E-state index contributed by atoms with van der Waals surface area (Å²) in [7, 11) is 0. The van der Waals surface area contributed by atoms with E-state index in [2.05, 4.69) is 27.6 Å². The molecule has 0 aliphatic heterocycles. The van der Waals surface area contributed by atoms with Crippen LogP contribution in [-0.4, -0.2) is 10.1 Å². The number of nitrogens with one attached hydrogen (secondary N) is 1. The van der Waals surface area contributed by atoms with Gasteiger partial charge in [-0.2, -0.15) is 0 Å². The molecule has 0 saturated heterocycles. The first kappa shape index (κ1) is 7.91. The minimum Gasteiger partial charge on any atom is -0.508 e. The molecule has 0 aliphatic rings. The second kappa shape index (κ2) is 2.97. The van der Waals surface area contributed by atoms with Crippen LogP contribution >= 0.6 is 22.6 Å². The Balaban J connectivity index is 2.75. The number of phenolic OH excluding ortho intramolecular Hbond substituents is 1. The van der Waals surface area contributed by atoms with Gasteiger partial charge in [0.1, 0.15) is 5.75 Å². The van der Waals surface area contributed by atoms with Crippen LogP contribution in [0, 0.1) is 0 Å². The van der Waals surface area contributed by atoms with Crippen molar-refractivity contribution in [3.63, 3.8) is 0 Å². The van der Waals surface area contributed by atoms with Gasteiger partial charge in [-0.15, -0.1) is 0 Å². The molecular formula is C9H8INO. The van der Waals surface area contributed by atoms with E-state index in [1.165, 1.54) is 5.56 Å². The number of hydrogen-bond donors (Lipinski definition) is 2. The second-order valence-electron chi connectivity index (χ2n) is 2.68. The Labute approximate surface area is 83.7 Å². The van der Waals surface area contributed by atoms with Crippen molar-refractivity contribution in [2.75, 3.05) is 0 Å². The number of fused-ring (bicyclic) bond motifs is 1. The maximum absolute atomic E-state index is 9.25. The molecule has 2 nitrogen and oxygen atoms in total. The molecule has 0 saturated carbocycles. The summed E-state index contributed by atoms with van der Waals surface area (Å²) in [5, 5.41) is 10.4. The van der Waals surface area contributed by atoms with Crippen molar-refractivity contribution in [3.05, 3.63) is 30.0 Å². The quantitative estimate of drug-likeness (QED) is 0.608. The lowest BCUT2D eigenvalue weighted by atomic mass is 10.2. The van der Waals surface area contributed by atoms with Crippen LogP contribution in [0.5, 0.6) is 5.75 Å². The maximum atomic E-state index is 9.25. The van der Waals surface area contributed by atoms with Crippen molar-refractivity contribution < 1.29 is 5.11 Å². The number of H-pyrrole nitrogens is 1. The van der Waals surface area contributed by atoms with Crippen LogP contribution in [0.1, 0.15) is 5.56 Å². The summed E-state index contributed by atoms with van der Waals surface area (Å²) in [6.07, 6.45) is 1.98. The van der Waals surface area contributed by atoms with Gasteiger partial charge in [0.15, 0.2) is 0 Å². The van der Waals surface area contributed by atoms with E-state index in [9.17, 15) is 5.11 Å². The molecule has 0 amide bonds. The van der Waals surface area contributed by atoms with Gasteiger partial charge in [-0.05, 0) is 23.8 Å². The molecule has 62 valence electrons. The van der Waals surface area contributed by atoms with E-state index in [0.29, 0.717) is 5.75 Å². The number of aromatic hydroxyl groups is 1. The average molecular weight is 273 g/mol. The molecule has 2 aromatic rings. The predicted octanol–water partition coefficient (Wildman–Crippen LogP) is 2.81. The third kappa shape index (κ3) is 1.18. The van der Waals surface area contributed by atoms with E-state index in [0.717, 1.165) is 15.3 Å². The highest BCUT2D eigenvalue weighted by atomic mass is 127. The summed E-state index contributed by atoms with van der Waals surface area (Å²) in [4.78, 5) is 3.15. The molecule has 1 heterocycles. The highest BCUT2D eigenvalue weighted by Gasteiger charge is 2.01. The monoisotopic (exact) mass is 273 g/mol. The molecule has 1 aromatic carbocycles. The number of phenols is 1. The Kier molecular flexibility index (Phi) is 1.96. The highest BCUT2D eigenvalue weighted by molar-refractivity contribution is 14.1. The minimum absolute atomic E-state index is 0.327. The molecule has 0 spiro atoms. The number of aromatic nitrogens is 1. The van der Waals surface area contributed by atoms with Gasteiger partial charge in [0.25, 0.3) is 0 Å². The highest BCUT2D eigenvalue weighted by Crippen LogP contribution is 2.24. The number of alkyl halides is 1. The zero-order chi connectivity index (χ0) is 8.55. The van der Waals surface area contributed by atoms with Gasteiger partial charge in [0, 0.05) is 21.5 Å². The number of hydrogen-bond acceptors (Lipinski definition) is 1. The van der Waals surface area contributed by atoms with Gasteiger partial charge < -0.3 is 10.1 Å². The SMILES string of the molecule is Oc1ccc2[nH]cc(CI)c2c1. The van der Waals surface area contributed by atoms with Crippen LogP contribution in [0.25, 0.3) is 10.9 Å². The molecule has 0 fully saturated rings. The minimum atomic E-state index is 0.327. The van der Waals surface area contributed by atoms with Gasteiger partial charge in [0.2, 0.25) is 0 Å². The van der Waals surface area contributed by atoms with E-state index < -0.39 is 0 Å². The molecule has 0 radical (unpaired) electrons. The molecule has 2 N–H and O–H groups in total. The largest absolute Gasteiger partial charge is 0.508 e. The van der Waals surface area contributed by atoms with E-state index >= 15 is 0 Å². The van der Waals surface area contributed by atoms with Crippen LogP contribution in [0.3, 0.4) is 0 Å². The molecule has 0 bridgehead atoms. The van der Waals surface area contributed by atoms with Crippen molar-refractivity contribution in [3.8, 4) is 5.75 Å². The third-order valence-corrected chi connectivity index (χ3v) is 2.72. The molecule has 2 rings (SSSR count). The lowest BCUT2D eigenvalue weighted by Gasteiger charge is -1.93. The summed E-state index contributed by atoms with van der Waals surface area (Å²) in [5.74, 6) is 0.327. The van der Waals surface area contributed by atoms with Gasteiger partial charge in [-0.3, -0.25) is 0 Å². The first-order chi connectivity index (χ1) is 5.81. The van der Waals surface area contributed by atoms with Crippen LogP contribution < -0.4 is 0 Å². The molecular weight excluding hydrogens is 265 g/mol. The molecule has 1 aromatic heterocycles. The normalized spacial score (nSPS) is 10.8. The van der Waals surface area contributed by atoms with Crippen molar-refractivity contribution in [2.45, 2.75) is 4.43 Å². The Bertz CT molecular complexity index is 408. The molecule has 12 heavy (non-hydrogen) atoms. The summed E-state index contributed by atoms with van der Waals surface area (Å²) in [5.41, 5.74) is 2.32.